The topological polar surface area (TPSA) is 59.9 Å². The number of nitrogens with one attached hydrogen (secondary N) is 1. The summed E-state index contributed by atoms with van der Waals surface area (Å²) in [6, 6.07) is 5.51. The fourth-order valence-corrected chi connectivity index (χ4v) is 4.02. The zero-order chi connectivity index (χ0) is 16.4. The molecule has 5 nitrogen and oxygen atoms in total. The Kier molecular flexibility index (Phi) is 4.28. The Balaban J connectivity index is 1.60. The van der Waals surface area contributed by atoms with Crippen molar-refractivity contribution in [1.82, 2.24) is 5.43 Å². The molecule has 0 aromatic heterocycles. The molecule has 0 bridgehead atoms. The van der Waals surface area contributed by atoms with E-state index < -0.39 is 0 Å². The number of amides is 1. The second-order valence-corrected chi connectivity index (χ2v) is 6.68. The van der Waals surface area contributed by atoms with Crippen molar-refractivity contribution < 1.29 is 14.3 Å². The van der Waals surface area contributed by atoms with Crippen LogP contribution in [0.15, 0.2) is 23.3 Å². The zero-order valence-corrected chi connectivity index (χ0v) is 14.0. The molecule has 0 unspecified atom stereocenters. The van der Waals surface area contributed by atoms with Gasteiger partial charge in [-0.3, -0.25) is 4.79 Å². The van der Waals surface area contributed by atoms with Crippen LogP contribution in [0, 0.1) is 17.3 Å². The van der Waals surface area contributed by atoms with Gasteiger partial charge in [-0.15, -0.1) is 0 Å². The molecule has 1 aromatic carbocycles. The highest BCUT2D eigenvalue weighted by atomic mass is 16.5. The molecule has 0 saturated heterocycles. The van der Waals surface area contributed by atoms with Crippen LogP contribution < -0.4 is 14.9 Å². The Bertz CT molecular complexity index is 629. The van der Waals surface area contributed by atoms with Gasteiger partial charge in [-0.25, -0.2) is 5.43 Å². The number of ether oxygens (including phenoxy) is 2. The van der Waals surface area contributed by atoms with Gasteiger partial charge >= 0.3 is 0 Å². The number of hydrazone groups is 1. The number of methoxy groups -OCH3 is 2. The normalized spacial score (nSPS) is 29.0. The number of carbonyl (C=O) groups excluding carboxylic acids is 1. The average Bonchev–Trinajstić information content (AvgIpc) is 3.20. The predicted molar refractivity (Wildman–Crippen MR) is 88.8 cm³/mol. The summed E-state index contributed by atoms with van der Waals surface area (Å²) in [6.07, 6.45) is 6.46. The van der Waals surface area contributed by atoms with Gasteiger partial charge in [-0.1, -0.05) is 19.8 Å². The number of fused-ring (bicyclic) bond motifs is 1. The van der Waals surface area contributed by atoms with Crippen LogP contribution in [0.25, 0.3) is 0 Å². The van der Waals surface area contributed by atoms with Crippen LogP contribution in [0.4, 0.5) is 0 Å². The second-order valence-electron chi connectivity index (χ2n) is 6.68. The van der Waals surface area contributed by atoms with E-state index in [1.54, 1.807) is 20.4 Å². The van der Waals surface area contributed by atoms with Gasteiger partial charge in [0.25, 0.3) is 0 Å². The molecule has 2 aliphatic rings. The maximum Gasteiger partial charge on any atom is 0.244 e. The number of benzene rings is 1. The van der Waals surface area contributed by atoms with E-state index in [0.29, 0.717) is 17.4 Å². The molecule has 1 amide bonds. The molecule has 1 aromatic rings. The largest absolute Gasteiger partial charge is 0.493 e. The van der Waals surface area contributed by atoms with Gasteiger partial charge in [-0.05, 0) is 47.9 Å². The van der Waals surface area contributed by atoms with Crippen molar-refractivity contribution in [1.29, 1.82) is 0 Å². The fourth-order valence-electron chi connectivity index (χ4n) is 4.02. The highest BCUT2D eigenvalue weighted by Crippen LogP contribution is 2.66. The van der Waals surface area contributed by atoms with E-state index >= 15 is 0 Å². The molecule has 124 valence electrons. The number of rotatable bonds is 5. The van der Waals surface area contributed by atoms with Crippen LogP contribution in [-0.2, 0) is 4.79 Å². The Morgan fingerprint density at radius 1 is 1.30 bits per heavy atom. The first-order valence-corrected chi connectivity index (χ1v) is 8.15. The standard InChI is InChI=1S/C18H24N2O3/c1-18-9-5-4-6-13(18)16(18)17(21)20-19-11-12-7-8-14(22-2)15(10-12)23-3/h7-8,10-11,13,16H,4-6,9H2,1-3H3,(H,20,21)/b19-11-/t13-,16-,18+/m1/s1. The van der Waals surface area contributed by atoms with Gasteiger partial charge in [0, 0.05) is 5.92 Å². The molecule has 23 heavy (non-hydrogen) atoms. The SMILES string of the molecule is COc1ccc(/C=N\NC(=O)[C@H]2[C@H]3CCCC[C@@]32C)cc1OC. The van der Waals surface area contributed by atoms with Crippen molar-refractivity contribution in [2.75, 3.05) is 14.2 Å². The van der Waals surface area contributed by atoms with Gasteiger partial charge in [0.05, 0.1) is 20.4 Å². The van der Waals surface area contributed by atoms with Crippen LogP contribution in [0.2, 0.25) is 0 Å². The minimum Gasteiger partial charge on any atom is -0.493 e. The summed E-state index contributed by atoms with van der Waals surface area (Å²) in [4.78, 5) is 12.3. The predicted octanol–water partition coefficient (Wildman–Crippen LogP) is 2.98. The molecule has 2 saturated carbocycles. The first-order chi connectivity index (χ1) is 11.1. The summed E-state index contributed by atoms with van der Waals surface area (Å²) >= 11 is 0. The number of nitrogens with zero attached hydrogens (tertiary/aromatic N) is 1. The lowest BCUT2D eigenvalue weighted by molar-refractivity contribution is -0.123. The van der Waals surface area contributed by atoms with Crippen molar-refractivity contribution >= 4 is 12.1 Å². The molecule has 0 radical (unpaired) electrons. The molecule has 3 atom stereocenters. The number of carbonyl (C=O) groups is 1. The highest BCUT2D eigenvalue weighted by Gasteiger charge is 2.64. The van der Waals surface area contributed by atoms with Crippen molar-refractivity contribution in [2.24, 2.45) is 22.4 Å². The van der Waals surface area contributed by atoms with Crippen molar-refractivity contribution in [3.8, 4) is 11.5 Å². The van der Waals surface area contributed by atoms with E-state index in [2.05, 4.69) is 17.5 Å². The Morgan fingerprint density at radius 2 is 2.09 bits per heavy atom. The lowest BCUT2D eigenvalue weighted by atomic mass is 9.90. The smallest absolute Gasteiger partial charge is 0.244 e. The van der Waals surface area contributed by atoms with Crippen LogP contribution >= 0.6 is 0 Å². The number of hydrogen-bond donors (Lipinski definition) is 1. The van der Waals surface area contributed by atoms with Crippen molar-refractivity contribution in [3.05, 3.63) is 23.8 Å². The molecular formula is C18H24N2O3. The van der Waals surface area contributed by atoms with E-state index in [-0.39, 0.29) is 17.2 Å². The van der Waals surface area contributed by atoms with Crippen molar-refractivity contribution in [2.45, 2.75) is 32.6 Å². The van der Waals surface area contributed by atoms with Gasteiger partial charge < -0.3 is 9.47 Å². The summed E-state index contributed by atoms with van der Waals surface area (Å²) in [5, 5.41) is 4.10. The van der Waals surface area contributed by atoms with E-state index in [1.807, 2.05) is 18.2 Å². The average molecular weight is 316 g/mol. The lowest BCUT2D eigenvalue weighted by Gasteiger charge is -2.15. The maximum atomic E-state index is 12.3. The monoisotopic (exact) mass is 316 g/mol. The minimum atomic E-state index is 0.0520. The summed E-state index contributed by atoms with van der Waals surface area (Å²) in [6.45, 7) is 2.24. The molecule has 0 aliphatic heterocycles. The first-order valence-electron chi connectivity index (χ1n) is 8.15. The van der Waals surface area contributed by atoms with Gasteiger partial charge in [0.15, 0.2) is 11.5 Å². The van der Waals surface area contributed by atoms with Crippen LogP contribution in [0.1, 0.15) is 38.2 Å². The number of hydrogen-bond acceptors (Lipinski definition) is 4. The van der Waals surface area contributed by atoms with Crippen LogP contribution in [0.3, 0.4) is 0 Å². The summed E-state index contributed by atoms with van der Waals surface area (Å²) in [5.74, 6) is 2.04. The Labute approximate surface area is 137 Å². The molecule has 1 N–H and O–H groups in total. The molecule has 3 rings (SSSR count). The first kappa shape index (κ1) is 15.8. The molecule has 0 spiro atoms. The van der Waals surface area contributed by atoms with E-state index in [1.165, 1.54) is 19.3 Å². The van der Waals surface area contributed by atoms with E-state index in [4.69, 9.17) is 9.47 Å². The quantitative estimate of drug-likeness (QED) is 0.671. The molecular weight excluding hydrogens is 292 g/mol. The van der Waals surface area contributed by atoms with Gasteiger partial charge in [-0.2, -0.15) is 5.10 Å². The van der Waals surface area contributed by atoms with Crippen molar-refractivity contribution in [3.63, 3.8) is 0 Å². The molecule has 0 heterocycles. The highest BCUT2D eigenvalue weighted by molar-refractivity contribution is 5.86. The maximum absolute atomic E-state index is 12.3. The molecule has 2 aliphatic carbocycles. The van der Waals surface area contributed by atoms with Crippen LogP contribution in [-0.4, -0.2) is 26.3 Å². The fraction of sp³-hybridized carbons (Fsp3) is 0.556. The third-order valence-corrected chi connectivity index (χ3v) is 5.41. The Hall–Kier alpha value is -2.04. The van der Waals surface area contributed by atoms with Gasteiger partial charge in [0.2, 0.25) is 5.91 Å². The van der Waals surface area contributed by atoms with E-state index in [0.717, 1.165) is 12.0 Å². The molecule has 5 heteroatoms. The lowest BCUT2D eigenvalue weighted by Crippen LogP contribution is -2.22. The summed E-state index contributed by atoms with van der Waals surface area (Å²) in [7, 11) is 3.19. The zero-order valence-electron chi connectivity index (χ0n) is 14.0. The summed E-state index contributed by atoms with van der Waals surface area (Å²) in [5.41, 5.74) is 3.76. The van der Waals surface area contributed by atoms with Gasteiger partial charge in [0.1, 0.15) is 0 Å². The van der Waals surface area contributed by atoms with Crippen LogP contribution in [0.5, 0.6) is 11.5 Å². The summed E-state index contributed by atoms with van der Waals surface area (Å²) < 4.78 is 10.5. The van der Waals surface area contributed by atoms with E-state index in [9.17, 15) is 4.79 Å². The minimum absolute atomic E-state index is 0.0520. The Morgan fingerprint density at radius 3 is 2.74 bits per heavy atom. The second kappa shape index (κ2) is 6.22. The third-order valence-electron chi connectivity index (χ3n) is 5.41. The molecule has 2 fully saturated rings. The third kappa shape index (κ3) is 2.92.